The van der Waals surface area contributed by atoms with Crippen LogP contribution in [0, 0.1) is 18.3 Å². The van der Waals surface area contributed by atoms with E-state index in [-0.39, 0.29) is 18.2 Å². The molecule has 6 nitrogen and oxygen atoms in total. The summed E-state index contributed by atoms with van der Waals surface area (Å²) in [6, 6.07) is 4.42. The number of carbonyl (C=O) groups is 1. The predicted octanol–water partition coefficient (Wildman–Crippen LogP) is 2.32. The summed E-state index contributed by atoms with van der Waals surface area (Å²) in [7, 11) is 0. The van der Waals surface area contributed by atoms with Gasteiger partial charge in [-0.3, -0.25) is 9.59 Å². The molecule has 2 heterocycles. The smallest absolute Gasteiger partial charge is 0.254 e. The minimum absolute atomic E-state index is 0.144. The number of ketones is 1. The third-order valence-corrected chi connectivity index (χ3v) is 4.39. The van der Waals surface area contributed by atoms with Crippen LogP contribution in [0.4, 0.5) is 0 Å². The molecule has 0 aliphatic rings. The summed E-state index contributed by atoms with van der Waals surface area (Å²) in [6.07, 6.45) is 0. The Morgan fingerprint density at radius 2 is 2.17 bits per heavy atom. The Hall–Kier alpha value is -2.46. The summed E-state index contributed by atoms with van der Waals surface area (Å²) in [6.45, 7) is 5.37. The summed E-state index contributed by atoms with van der Waals surface area (Å²) < 4.78 is 1.24. The molecule has 1 N–H and O–H groups in total. The minimum atomic E-state index is -0.993. The second-order valence-electron chi connectivity index (χ2n) is 5.57. The lowest BCUT2D eigenvalue weighted by atomic mass is 10.1. The van der Waals surface area contributed by atoms with Crippen molar-refractivity contribution < 1.29 is 9.90 Å². The number of nitrogens with zero attached hydrogens (tertiary/aromatic N) is 3. The lowest BCUT2D eigenvalue weighted by Gasteiger charge is -2.11. The number of thiazole rings is 1. The molecule has 23 heavy (non-hydrogen) atoms. The Morgan fingerprint density at radius 3 is 2.70 bits per heavy atom. The van der Waals surface area contributed by atoms with Crippen molar-refractivity contribution >= 4 is 17.1 Å². The molecule has 0 bridgehead atoms. The number of hydrogen-bond acceptors (Lipinski definition) is 6. The number of pyridine rings is 1. The quantitative estimate of drug-likeness (QED) is 0.907. The van der Waals surface area contributed by atoms with Gasteiger partial charge >= 0.3 is 0 Å². The number of nitriles is 1. The maximum absolute atomic E-state index is 12.4. The van der Waals surface area contributed by atoms with Crippen molar-refractivity contribution in [3.05, 3.63) is 44.3 Å². The maximum atomic E-state index is 12.4. The van der Waals surface area contributed by atoms with Crippen LogP contribution in [-0.2, 0) is 11.3 Å². The maximum Gasteiger partial charge on any atom is 0.254 e. The first-order valence-electron chi connectivity index (χ1n) is 7.11. The average Bonchev–Trinajstić information content (AvgIpc) is 2.93. The number of aryl methyl sites for hydroxylation is 1. The third kappa shape index (κ3) is 3.66. The first kappa shape index (κ1) is 16.9. The van der Waals surface area contributed by atoms with E-state index in [9.17, 15) is 20.0 Å². The largest absolute Gasteiger partial charge is 0.508 e. The minimum Gasteiger partial charge on any atom is -0.508 e. The topological polar surface area (TPSA) is 96.0 Å². The Labute approximate surface area is 137 Å². The SMILES string of the molecule is Cc1cc(O)cc(=O)n1CC(=O)[C@H](C#N)c1nc(C(C)C)cs1. The van der Waals surface area contributed by atoms with E-state index in [0.717, 1.165) is 11.8 Å². The zero-order chi connectivity index (χ0) is 17.1. The number of hydrogen-bond donors (Lipinski definition) is 1. The van der Waals surface area contributed by atoms with Crippen molar-refractivity contribution in [1.29, 1.82) is 5.26 Å². The molecule has 0 saturated heterocycles. The molecule has 0 unspecified atom stereocenters. The lowest BCUT2D eigenvalue weighted by Crippen LogP contribution is -2.27. The molecule has 0 aromatic carbocycles. The summed E-state index contributed by atoms with van der Waals surface area (Å²) >= 11 is 1.28. The summed E-state index contributed by atoms with van der Waals surface area (Å²) in [4.78, 5) is 28.7. The fourth-order valence-corrected chi connectivity index (χ4v) is 3.17. The molecule has 0 aliphatic heterocycles. The zero-order valence-electron chi connectivity index (χ0n) is 13.1. The highest BCUT2D eigenvalue weighted by molar-refractivity contribution is 7.10. The van der Waals surface area contributed by atoms with E-state index in [2.05, 4.69) is 4.98 Å². The van der Waals surface area contributed by atoms with Crippen molar-refractivity contribution in [2.45, 2.75) is 39.2 Å². The lowest BCUT2D eigenvalue weighted by molar-refractivity contribution is -0.120. The van der Waals surface area contributed by atoms with Gasteiger partial charge in [0.1, 0.15) is 10.8 Å². The molecule has 2 aromatic rings. The monoisotopic (exact) mass is 331 g/mol. The second kappa shape index (κ2) is 6.75. The summed E-state index contributed by atoms with van der Waals surface area (Å²) in [5.41, 5.74) is 0.827. The van der Waals surface area contributed by atoms with Crippen LogP contribution in [0.3, 0.4) is 0 Å². The standard InChI is InChI=1S/C16H17N3O3S/c1-9(2)13-8-23-16(18-13)12(6-17)14(21)7-19-10(3)4-11(20)5-15(19)22/h4-5,8-9,12,20H,7H2,1-3H3/t12-/m0/s1. The van der Waals surface area contributed by atoms with Crippen molar-refractivity contribution in [2.24, 2.45) is 0 Å². The van der Waals surface area contributed by atoms with Gasteiger partial charge in [-0.2, -0.15) is 5.26 Å². The van der Waals surface area contributed by atoms with Gasteiger partial charge < -0.3 is 9.67 Å². The van der Waals surface area contributed by atoms with E-state index in [0.29, 0.717) is 10.7 Å². The van der Waals surface area contributed by atoms with Gasteiger partial charge in [0.25, 0.3) is 5.56 Å². The van der Waals surface area contributed by atoms with Gasteiger partial charge in [0.2, 0.25) is 0 Å². The van der Waals surface area contributed by atoms with Crippen molar-refractivity contribution in [1.82, 2.24) is 9.55 Å². The van der Waals surface area contributed by atoms with Crippen molar-refractivity contribution in [3.63, 3.8) is 0 Å². The normalized spacial score (nSPS) is 12.1. The van der Waals surface area contributed by atoms with Crippen molar-refractivity contribution in [2.75, 3.05) is 0 Å². The van der Waals surface area contributed by atoms with Gasteiger partial charge in [-0.15, -0.1) is 11.3 Å². The van der Waals surface area contributed by atoms with Gasteiger partial charge in [0.15, 0.2) is 11.7 Å². The molecule has 0 saturated carbocycles. The molecule has 0 aliphatic carbocycles. The molecule has 2 rings (SSSR count). The van der Waals surface area contributed by atoms with Crippen LogP contribution in [0.2, 0.25) is 0 Å². The molecule has 1 atom stereocenters. The summed E-state index contributed by atoms with van der Waals surface area (Å²) in [5.74, 6) is -1.31. The number of rotatable bonds is 5. The van der Waals surface area contributed by atoms with Crippen molar-refractivity contribution in [3.8, 4) is 11.8 Å². The van der Waals surface area contributed by atoms with Crippen LogP contribution in [0.15, 0.2) is 22.3 Å². The van der Waals surface area contributed by atoms with E-state index >= 15 is 0 Å². The number of Topliss-reactive ketones (excluding diaryl/α,β-unsaturated/α-hetero) is 1. The fraction of sp³-hybridized carbons (Fsp3) is 0.375. The van der Waals surface area contributed by atoms with Gasteiger partial charge in [0, 0.05) is 17.1 Å². The molecule has 2 aromatic heterocycles. The van der Waals surface area contributed by atoms with Gasteiger partial charge in [-0.25, -0.2) is 4.98 Å². The Balaban J connectivity index is 2.28. The third-order valence-electron chi connectivity index (χ3n) is 3.46. The molecule has 0 amide bonds. The molecule has 0 radical (unpaired) electrons. The molecule has 0 spiro atoms. The predicted molar refractivity (Wildman–Crippen MR) is 86.7 cm³/mol. The van der Waals surface area contributed by atoms with Crippen LogP contribution in [0.1, 0.15) is 42.1 Å². The van der Waals surface area contributed by atoms with Crippen LogP contribution < -0.4 is 5.56 Å². The highest BCUT2D eigenvalue weighted by atomic mass is 32.1. The fourth-order valence-electron chi connectivity index (χ4n) is 2.12. The van der Waals surface area contributed by atoms with Crippen LogP contribution >= 0.6 is 11.3 Å². The van der Waals surface area contributed by atoms with Gasteiger partial charge in [-0.1, -0.05) is 13.8 Å². The van der Waals surface area contributed by atoms with Crippen LogP contribution in [0.25, 0.3) is 0 Å². The zero-order valence-corrected chi connectivity index (χ0v) is 13.9. The molecular formula is C16H17N3O3S. The summed E-state index contributed by atoms with van der Waals surface area (Å²) in [5, 5.41) is 21.0. The van der Waals surface area contributed by atoms with E-state index in [4.69, 9.17) is 0 Å². The first-order chi connectivity index (χ1) is 10.8. The Morgan fingerprint density at radius 1 is 1.48 bits per heavy atom. The first-order valence-corrected chi connectivity index (χ1v) is 7.99. The highest BCUT2D eigenvalue weighted by Gasteiger charge is 2.25. The average molecular weight is 331 g/mol. The van der Waals surface area contributed by atoms with Gasteiger partial charge in [-0.05, 0) is 18.9 Å². The van der Waals surface area contributed by atoms with E-state index in [1.54, 1.807) is 6.92 Å². The second-order valence-corrected chi connectivity index (χ2v) is 6.46. The number of carbonyl (C=O) groups excluding carboxylic acids is 1. The Kier molecular flexibility index (Phi) is 4.96. The van der Waals surface area contributed by atoms with E-state index in [1.165, 1.54) is 22.0 Å². The molecule has 0 fully saturated rings. The van der Waals surface area contributed by atoms with Gasteiger partial charge in [0.05, 0.1) is 18.3 Å². The highest BCUT2D eigenvalue weighted by Crippen LogP contribution is 2.25. The van der Waals surface area contributed by atoms with E-state index in [1.807, 2.05) is 25.3 Å². The van der Waals surface area contributed by atoms with E-state index < -0.39 is 17.3 Å². The number of aromatic nitrogens is 2. The molecular weight excluding hydrogens is 314 g/mol. The molecule has 7 heteroatoms. The number of aromatic hydroxyl groups is 1. The van der Waals surface area contributed by atoms with Crippen LogP contribution in [0.5, 0.6) is 5.75 Å². The Bertz CT molecular complexity index is 830. The molecule has 120 valence electrons. The van der Waals surface area contributed by atoms with Crippen LogP contribution in [-0.4, -0.2) is 20.4 Å².